The summed E-state index contributed by atoms with van der Waals surface area (Å²) < 4.78 is 116. The molecule has 4 N–H and O–H groups in total. The number of halogens is 5. The van der Waals surface area contributed by atoms with Gasteiger partial charge >= 0.3 is 30.2 Å². The normalized spacial score (nSPS) is 17.6. The molecule has 37 nitrogen and oxygen atoms in total. The fourth-order valence-corrected chi connectivity index (χ4v) is 18.2. The lowest BCUT2D eigenvalue weighted by molar-refractivity contribution is -0.153. The first kappa shape index (κ1) is 103. The highest BCUT2D eigenvalue weighted by Gasteiger charge is 2.42. The summed E-state index contributed by atoms with van der Waals surface area (Å²) in [6.07, 6.45) is 21.2. The van der Waals surface area contributed by atoms with Crippen LogP contribution in [0.3, 0.4) is 0 Å². The van der Waals surface area contributed by atoms with E-state index in [1.165, 1.54) is 60.1 Å². The summed E-state index contributed by atoms with van der Waals surface area (Å²) in [4.78, 5) is 124. The van der Waals surface area contributed by atoms with Gasteiger partial charge in [-0.3, -0.25) is 39.2 Å². The van der Waals surface area contributed by atoms with Crippen molar-refractivity contribution >= 4 is 74.9 Å². The summed E-state index contributed by atoms with van der Waals surface area (Å²) >= 11 is 0. The number of pyridine rings is 4. The minimum atomic E-state index is -4.60. The number of carbonyl (C=O) groups excluding carboxylic acids is 4. The molecule has 0 bridgehead atoms. The molecule has 9 aromatic heterocycles. The molecule has 3 amide bonds. The number of hydrogen-bond donors (Lipinski definition) is 4. The van der Waals surface area contributed by atoms with E-state index in [1.807, 2.05) is 84.8 Å². The molecule has 0 spiro atoms. The number of methoxy groups -OCH3 is 5. The summed E-state index contributed by atoms with van der Waals surface area (Å²) in [5.74, 6) is -1.76. The van der Waals surface area contributed by atoms with E-state index in [0.29, 0.717) is 87.5 Å². The highest BCUT2D eigenvalue weighted by molar-refractivity contribution is 5.95. The lowest BCUT2D eigenvalue weighted by Gasteiger charge is -2.34. The van der Waals surface area contributed by atoms with E-state index in [4.69, 9.17) is 42.6 Å². The molecule has 140 heavy (non-hydrogen) atoms. The van der Waals surface area contributed by atoms with Gasteiger partial charge < -0.3 is 78.2 Å². The highest BCUT2D eigenvalue weighted by Crippen LogP contribution is 2.45. The van der Waals surface area contributed by atoms with E-state index in [1.54, 1.807) is 54.5 Å². The Morgan fingerprint density at radius 1 is 0.471 bits per heavy atom. The van der Waals surface area contributed by atoms with Gasteiger partial charge in [-0.15, -0.1) is 0 Å². The molecule has 6 atom stereocenters. The molecule has 17 rings (SSSR count). The molecule has 0 unspecified atom stereocenters. The Bertz CT molecular complexity index is 5820. The second-order valence-corrected chi connectivity index (χ2v) is 36.1. The number of rotatable bonds is 35. The zero-order valence-electron chi connectivity index (χ0n) is 81.5. The van der Waals surface area contributed by atoms with Gasteiger partial charge in [-0.1, -0.05) is 44.2 Å². The number of nitrogens with one attached hydrogen (secondary N) is 4. The molecule has 0 radical (unpaired) electrons. The van der Waals surface area contributed by atoms with Gasteiger partial charge in [-0.05, 0) is 188 Å². The lowest BCUT2D eigenvalue weighted by Crippen LogP contribution is -2.45. The first-order valence-electron chi connectivity index (χ1n) is 48.0. The number of aromatic amines is 1. The van der Waals surface area contributed by atoms with Gasteiger partial charge in [-0.25, -0.2) is 13.8 Å². The van der Waals surface area contributed by atoms with Crippen molar-refractivity contribution in [2.75, 3.05) is 134 Å². The van der Waals surface area contributed by atoms with Gasteiger partial charge in [0.05, 0.1) is 56.7 Å². The molecule has 1 saturated carbocycles. The number of amides is 3. The molecule has 4 aliphatic carbocycles. The number of ketones is 1. The number of H-pyrrole nitrogens is 1. The number of alkyl halides is 5. The second-order valence-electron chi connectivity index (χ2n) is 36.1. The lowest BCUT2D eigenvalue weighted by atomic mass is 9.86. The van der Waals surface area contributed by atoms with Crippen LogP contribution in [0.5, 0.6) is 29.8 Å². The third-order valence-corrected chi connectivity index (χ3v) is 25.9. The van der Waals surface area contributed by atoms with Crippen LogP contribution >= 0.6 is 0 Å². The number of carbonyl (C=O) groups is 4. The molecular formula is C98H125F5N24O13. The maximum absolute atomic E-state index is 13.6. The maximum atomic E-state index is 13.6. The molecule has 9 aromatic rings. The van der Waals surface area contributed by atoms with Crippen LogP contribution in [0.1, 0.15) is 227 Å². The van der Waals surface area contributed by atoms with Crippen LogP contribution in [0.4, 0.5) is 45.6 Å². The third kappa shape index (κ3) is 26.4. The SMILES string of the molecule is CCC(=O)c1cc(N2CCC(C3=CCc4nccc(OC)c43)CC2)nc(O[C@H](C)COC)n1.CC[C@@H](NC(=O)c1nc(O[C@H](C)COC)nc(N2CCC(c3[nH]nc4ncccc34)CC2)n1)C(F)(F)F.COC[C@@H](C)Oc1nc(C(=O)NC2CCC2)nc(N2CCC(C3=CCc4ncccc43)CC2)n1.COC[C@@H](C)Oc1nc(C(=O)N[C@@H](C)C(C)(F)F)nc(N2CCC(C3=CCc4ncccc43)CC2)n1. The number of anilines is 4. The smallest absolute Gasteiger partial charge is 0.408 e. The van der Waals surface area contributed by atoms with Gasteiger partial charge in [0.15, 0.2) is 11.4 Å². The molecule has 750 valence electrons. The van der Waals surface area contributed by atoms with Gasteiger partial charge in [0.25, 0.3) is 23.6 Å². The Morgan fingerprint density at radius 2 is 0.893 bits per heavy atom. The van der Waals surface area contributed by atoms with Crippen molar-refractivity contribution < 1.29 is 83.8 Å². The number of aromatic nitrogens is 17. The molecule has 8 aliphatic rings. The average molecular weight is 1940 g/mol. The zero-order chi connectivity index (χ0) is 99.3. The quantitative estimate of drug-likeness (QED) is 0.0212. The first-order valence-corrected chi connectivity index (χ1v) is 48.0. The van der Waals surface area contributed by atoms with E-state index < -0.39 is 47.9 Å². The van der Waals surface area contributed by atoms with Crippen LogP contribution in [-0.2, 0) is 38.2 Å². The topological polar surface area (TPSA) is 422 Å². The molecule has 0 aromatic carbocycles. The minimum absolute atomic E-state index is 0.0231. The average Bonchev–Trinajstić information content (AvgIpc) is 1.62. The summed E-state index contributed by atoms with van der Waals surface area (Å²) in [6.45, 7) is 19.5. The standard InChI is InChI=1S/C25H32F2N6O3.C25H32N6O3.C25H32N4O4.C23H29F3N8O3/c1-15(14-35-4)36-24-31-21(22(34)29-16(2)25(3,26)27)30-23(32-24)33-12-9-17(10-13-33)18-7-8-20-19(18)6-5-11-28-20;1-16(15-33-2)34-25-29-22(23(32)27-18-5-3-6-18)28-24(30-25)31-13-10-17(11-14-31)19-8-9-21-20(19)7-4-12-26-21;1-5-21(30)20-14-23(28-25(27-20)33-16(2)15-31-3)29-12-9-17(10-13-29)18-6-7-19-24(18)22(32-4)8-11-26-19;1-4-16(23(24,25)26)28-20(35)19-29-21(31-22(30-19)37-13(2)12-36-3)34-10-7-14(8-11-34)17-15-6-5-9-27-18(15)33-32-17/h5-7,11,15-17H,8-10,12-14H2,1-4H3,(H,29,34);4,7-8,12,16-18H,3,5-6,9-11,13-15H2,1-2H3,(H,27,32);6,8,11,14,16-17H,5,7,9-10,12-13,15H2,1-4H3;5-6,9,13-14,16H,4,7-8,10-12H2,1-3H3,(H,28,35)(H,27,32,33)/t15-,16+;2*16-;13-,16-/m1111/s1. The van der Waals surface area contributed by atoms with Crippen LogP contribution in [0.15, 0.2) is 91.5 Å². The van der Waals surface area contributed by atoms with Gasteiger partial charge in [0, 0.05) is 173 Å². The fourth-order valence-electron chi connectivity index (χ4n) is 18.2. The molecular weight excluding hydrogens is 1820 g/mol. The number of nitrogens with zero attached hydrogens (tertiary/aromatic N) is 20. The highest BCUT2D eigenvalue weighted by atomic mass is 19.4. The predicted molar refractivity (Wildman–Crippen MR) is 511 cm³/mol. The Morgan fingerprint density at radius 3 is 1.34 bits per heavy atom. The summed E-state index contributed by atoms with van der Waals surface area (Å²) in [7, 11) is 8.00. The Balaban J connectivity index is 0.000000149. The summed E-state index contributed by atoms with van der Waals surface area (Å²) in [5.41, 5.74) is 13.2. The number of fused-ring (bicyclic) bond motifs is 4. The van der Waals surface area contributed by atoms with Gasteiger partial charge in [-0.2, -0.15) is 73.1 Å². The molecule has 42 heteroatoms. The predicted octanol–water partition coefficient (Wildman–Crippen LogP) is 12.9. The van der Waals surface area contributed by atoms with Crippen molar-refractivity contribution in [3.05, 3.63) is 154 Å². The molecule has 13 heterocycles. The third-order valence-electron chi connectivity index (χ3n) is 25.9. The zero-order valence-corrected chi connectivity index (χ0v) is 81.5. The molecule has 4 saturated heterocycles. The van der Waals surface area contributed by atoms with Gasteiger partial charge in [0.2, 0.25) is 35.3 Å². The van der Waals surface area contributed by atoms with Crippen molar-refractivity contribution in [1.82, 2.24) is 101 Å². The van der Waals surface area contributed by atoms with E-state index in [0.717, 1.165) is 157 Å². The molecule has 5 fully saturated rings. The number of ether oxygens (including phenoxy) is 9. The number of Topliss-reactive ketones (excluding diaryl/α,β-unsaturated/α-hetero) is 1. The van der Waals surface area contributed by atoms with Crippen molar-refractivity contribution in [2.45, 2.75) is 219 Å². The van der Waals surface area contributed by atoms with Crippen LogP contribution in [0, 0.1) is 17.8 Å². The Labute approximate surface area is 810 Å². The number of piperidine rings is 4. The maximum Gasteiger partial charge on any atom is 0.408 e. The van der Waals surface area contributed by atoms with Crippen LogP contribution in [0.2, 0.25) is 0 Å². The van der Waals surface area contributed by atoms with Crippen LogP contribution in [0.25, 0.3) is 27.8 Å². The summed E-state index contributed by atoms with van der Waals surface area (Å²) in [5, 5.41) is 15.6. The van der Waals surface area contributed by atoms with E-state index in [-0.39, 0.29) is 103 Å². The number of hydrogen-bond acceptors (Lipinski definition) is 33. The Hall–Kier alpha value is -12.8. The van der Waals surface area contributed by atoms with E-state index >= 15 is 0 Å². The van der Waals surface area contributed by atoms with Crippen molar-refractivity contribution in [3.8, 4) is 29.8 Å². The summed E-state index contributed by atoms with van der Waals surface area (Å²) in [6, 6.07) is 12.8. The van der Waals surface area contributed by atoms with Crippen molar-refractivity contribution in [3.63, 3.8) is 0 Å². The Kier molecular flexibility index (Phi) is 35.2. The van der Waals surface area contributed by atoms with E-state index in [9.17, 15) is 41.1 Å². The van der Waals surface area contributed by atoms with Crippen molar-refractivity contribution in [2.24, 2.45) is 17.8 Å². The van der Waals surface area contributed by atoms with Crippen LogP contribution < -0.4 is 59.2 Å². The van der Waals surface area contributed by atoms with Gasteiger partial charge in [0.1, 0.15) is 47.7 Å². The monoisotopic (exact) mass is 1940 g/mol. The minimum Gasteiger partial charge on any atom is -0.496 e. The fraction of sp³-hybridized carbons (Fsp3) is 0.551. The largest absolute Gasteiger partial charge is 0.496 e. The van der Waals surface area contributed by atoms with Crippen LogP contribution in [-0.4, -0.2) is 277 Å². The molecule has 4 aliphatic heterocycles. The van der Waals surface area contributed by atoms with E-state index in [2.05, 4.69) is 136 Å². The number of allylic oxidation sites excluding steroid dienone is 6. The first-order chi connectivity index (χ1) is 67.5. The van der Waals surface area contributed by atoms with Crippen molar-refractivity contribution in [1.29, 1.82) is 0 Å². The second kappa shape index (κ2) is 47.9.